The van der Waals surface area contributed by atoms with Crippen LogP contribution >= 0.6 is 0 Å². The summed E-state index contributed by atoms with van der Waals surface area (Å²) in [6, 6.07) is 11.6. The van der Waals surface area contributed by atoms with Crippen molar-refractivity contribution in [3.63, 3.8) is 0 Å². The molecule has 1 N–H and O–H groups in total. The molecule has 0 bridgehead atoms. The van der Waals surface area contributed by atoms with Gasteiger partial charge in [-0.05, 0) is 76.3 Å². The molecule has 0 saturated carbocycles. The Morgan fingerprint density at radius 2 is 1.68 bits per heavy atom. The molecular weight excluding hydrogens is 306 g/mol. The molecule has 1 aromatic rings. The number of rotatable bonds is 8. The predicted octanol–water partition coefficient (Wildman–Crippen LogP) is 3.41. The first-order valence-electron chi connectivity index (χ1n) is 10.5. The fourth-order valence-electron chi connectivity index (χ4n) is 4.31. The fraction of sp³-hybridized carbons (Fsp3) is 0.727. The maximum atomic E-state index is 3.85. The number of nitrogens with one attached hydrogen (secondary N) is 1. The highest BCUT2D eigenvalue weighted by atomic mass is 15.1. The van der Waals surface area contributed by atoms with Crippen molar-refractivity contribution in [2.45, 2.75) is 51.5 Å². The number of nitrogens with zero attached hydrogens (tertiary/aromatic N) is 2. The van der Waals surface area contributed by atoms with Gasteiger partial charge in [-0.25, -0.2) is 0 Å². The van der Waals surface area contributed by atoms with Crippen molar-refractivity contribution in [2.75, 3.05) is 45.8 Å². The van der Waals surface area contributed by atoms with Crippen molar-refractivity contribution in [3.05, 3.63) is 35.9 Å². The second kappa shape index (κ2) is 10.3. The minimum atomic E-state index is 0.733. The van der Waals surface area contributed by atoms with E-state index in [0.29, 0.717) is 0 Å². The summed E-state index contributed by atoms with van der Waals surface area (Å²) in [5.74, 6) is 0.772. The molecule has 0 amide bonds. The maximum Gasteiger partial charge on any atom is 0.00915 e. The molecular formula is C22H37N3. The molecule has 1 unspecified atom stereocenters. The molecule has 3 heteroatoms. The van der Waals surface area contributed by atoms with E-state index < -0.39 is 0 Å². The molecule has 0 aliphatic carbocycles. The number of hydrogen-bond acceptors (Lipinski definition) is 3. The van der Waals surface area contributed by atoms with Crippen molar-refractivity contribution >= 4 is 0 Å². The smallest absolute Gasteiger partial charge is 0.00915 e. The van der Waals surface area contributed by atoms with Crippen molar-refractivity contribution < 1.29 is 0 Å². The Labute approximate surface area is 154 Å². The summed E-state index contributed by atoms with van der Waals surface area (Å²) in [6.07, 6.45) is 8.05. The van der Waals surface area contributed by atoms with Crippen LogP contribution in [0.25, 0.3) is 0 Å². The topological polar surface area (TPSA) is 18.5 Å². The van der Waals surface area contributed by atoms with Gasteiger partial charge in [-0.3, -0.25) is 0 Å². The Balaban J connectivity index is 1.27. The zero-order valence-electron chi connectivity index (χ0n) is 16.1. The molecule has 2 aliphatic heterocycles. The average molecular weight is 344 g/mol. The molecule has 3 nitrogen and oxygen atoms in total. The van der Waals surface area contributed by atoms with Crippen LogP contribution in [0.3, 0.4) is 0 Å². The van der Waals surface area contributed by atoms with Gasteiger partial charge in [0, 0.05) is 19.1 Å². The van der Waals surface area contributed by atoms with Crippen LogP contribution in [0.1, 0.15) is 44.6 Å². The molecule has 2 heterocycles. The third-order valence-corrected chi connectivity index (χ3v) is 5.92. The van der Waals surface area contributed by atoms with Crippen LogP contribution in [-0.2, 0) is 6.42 Å². The Morgan fingerprint density at radius 1 is 0.960 bits per heavy atom. The minimum Gasteiger partial charge on any atom is -0.314 e. The van der Waals surface area contributed by atoms with E-state index in [1.54, 1.807) is 0 Å². The highest BCUT2D eigenvalue weighted by molar-refractivity contribution is 5.14. The van der Waals surface area contributed by atoms with E-state index in [1.807, 2.05) is 0 Å². The van der Waals surface area contributed by atoms with Gasteiger partial charge in [0.05, 0.1) is 0 Å². The van der Waals surface area contributed by atoms with Crippen molar-refractivity contribution in [1.29, 1.82) is 0 Å². The van der Waals surface area contributed by atoms with Crippen molar-refractivity contribution in [2.24, 2.45) is 5.92 Å². The first kappa shape index (κ1) is 18.9. The number of likely N-dealkylation sites (tertiary alicyclic amines) is 2. The maximum absolute atomic E-state index is 3.85. The zero-order valence-corrected chi connectivity index (χ0v) is 16.1. The second-order valence-electron chi connectivity index (χ2n) is 8.23. The summed E-state index contributed by atoms with van der Waals surface area (Å²) in [5.41, 5.74) is 1.47. The first-order chi connectivity index (χ1) is 12.3. The van der Waals surface area contributed by atoms with Gasteiger partial charge in [0.25, 0.3) is 0 Å². The SMILES string of the molecule is CC(CNC1CCN(CCc2ccccc2)CC1)CN1CCCCC1. The molecule has 2 saturated heterocycles. The number of hydrogen-bond donors (Lipinski definition) is 1. The zero-order chi connectivity index (χ0) is 17.3. The van der Waals surface area contributed by atoms with Crippen LogP contribution in [0.15, 0.2) is 30.3 Å². The van der Waals surface area contributed by atoms with E-state index in [0.717, 1.165) is 12.0 Å². The number of piperidine rings is 2. The van der Waals surface area contributed by atoms with E-state index in [1.165, 1.54) is 89.9 Å². The molecule has 1 aromatic carbocycles. The largest absolute Gasteiger partial charge is 0.314 e. The highest BCUT2D eigenvalue weighted by Crippen LogP contribution is 2.13. The van der Waals surface area contributed by atoms with Gasteiger partial charge in [0.1, 0.15) is 0 Å². The lowest BCUT2D eigenvalue weighted by molar-refractivity contribution is 0.180. The van der Waals surface area contributed by atoms with Gasteiger partial charge in [-0.15, -0.1) is 0 Å². The third-order valence-electron chi connectivity index (χ3n) is 5.92. The highest BCUT2D eigenvalue weighted by Gasteiger charge is 2.20. The van der Waals surface area contributed by atoms with Gasteiger partial charge < -0.3 is 15.1 Å². The summed E-state index contributed by atoms with van der Waals surface area (Å²) in [4.78, 5) is 5.31. The van der Waals surface area contributed by atoms with Gasteiger partial charge in [-0.2, -0.15) is 0 Å². The molecule has 2 aliphatic rings. The van der Waals surface area contributed by atoms with Gasteiger partial charge >= 0.3 is 0 Å². The van der Waals surface area contributed by atoms with Gasteiger partial charge in [0.2, 0.25) is 0 Å². The lowest BCUT2D eigenvalue weighted by Gasteiger charge is -2.34. The average Bonchev–Trinajstić information content (AvgIpc) is 2.67. The molecule has 0 radical (unpaired) electrons. The predicted molar refractivity (Wildman–Crippen MR) is 107 cm³/mol. The first-order valence-corrected chi connectivity index (χ1v) is 10.5. The van der Waals surface area contributed by atoms with E-state index in [-0.39, 0.29) is 0 Å². The Hall–Kier alpha value is -0.900. The summed E-state index contributed by atoms with van der Waals surface area (Å²) in [5, 5.41) is 3.85. The summed E-state index contributed by atoms with van der Waals surface area (Å²) < 4.78 is 0. The molecule has 0 spiro atoms. The van der Waals surface area contributed by atoms with E-state index in [4.69, 9.17) is 0 Å². The van der Waals surface area contributed by atoms with Crippen molar-refractivity contribution in [3.8, 4) is 0 Å². The molecule has 140 valence electrons. The van der Waals surface area contributed by atoms with Gasteiger partial charge in [0.15, 0.2) is 0 Å². The van der Waals surface area contributed by atoms with Crippen LogP contribution < -0.4 is 5.32 Å². The van der Waals surface area contributed by atoms with E-state index >= 15 is 0 Å². The van der Waals surface area contributed by atoms with Gasteiger partial charge in [-0.1, -0.05) is 43.7 Å². The van der Waals surface area contributed by atoms with Crippen LogP contribution in [0.4, 0.5) is 0 Å². The summed E-state index contributed by atoms with van der Waals surface area (Å²) in [6.45, 7) is 11.2. The van der Waals surface area contributed by atoms with Crippen LogP contribution in [0, 0.1) is 5.92 Å². The standard InChI is InChI=1S/C22H37N3/c1-20(19-25-13-6-3-7-14-25)18-23-22-11-16-24(17-12-22)15-10-21-8-4-2-5-9-21/h2,4-5,8-9,20,22-23H,3,6-7,10-19H2,1H3. The van der Waals surface area contributed by atoms with Crippen LogP contribution in [-0.4, -0.2) is 61.7 Å². The quantitative estimate of drug-likeness (QED) is 0.780. The summed E-state index contributed by atoms with van der Waals surface area (Å²) >= 11 is 0. The summed E-state index contributed by atoms with van der Waals surface area (Å²) in [7, 11) is 0. The van der Waals surface area contributed by atoms with E-state index in [2.05, 4.69) is 52.4 Å². The molecule has 25 heavy (non-hydrogen) atoms. The Morgan fingerprint density at radius 3 is 2.40 bits per heavy atom. The molecule has 0 aromatic heterocycles. The second-order valence-corrected chi connectivity index (χ2v) is 8.23. The van der Waals surface area contributed by atoms with E-state index in [9.17, 15) is 0 Å². The lowest BCUT2D eigenvalue weighted by Crippen LogP contribution is -2.45. The van der Waals surface area contributed by atoms with Crippen molar-refractivity contribution in [1.82, 2.24) is 15.1 Å². The monoisotopic (exact) mass is 343 g/mol. The lowest BCUT2D eigenvalue weighted by atomic mass is 10.0. The Kier molecular flexibility index (Phi) is 7.78. The van der Waals surface area contributed by atoms with Crippen LogP contribution in [0.2, 0.25) is 0 Å². The minimum absolute atomic E-state index is 0.733. The van der Waals surface area contributed by atoms with Crippen LogP contribution in [0.5, 0.6) is 0 Å². The fourth-order valence-corrected chi connectivity index (χ4v) is 4.31. The molecule has 3 rings (SSSR count). The Bertz CT molecular complexity index is 461. The normalized spacial score (nSPS) is 22.1. The molecule has 2 fully saturated rings. The number of benzene rings is 1. The molecule has 1 atom stereocenters. The third kappa shape index (κ3) is 6.73.